The van der Waals surface area contributed by atoms with Crippen LogP contribution in [0.25, 0.3) is 22.3 Å². The van der Waals surface area contributed by atoms with E-state index in [1.807, 2.05) is 0 Å². The fourth-order valence-corrected chi connectivity index (χ4v) is 3.88. The van der Waals surface area contributed by atoms with Gasteiger partial charge in [-0.25, -0.2) is 0 Å². The molecule has 0 aliphatic carbocycles. The summed E-state index contributed by atoms with van der Waals surface area (Å²) in [7, 11) is 4.31. The minimum absolute atomic E-state index is 0.0120. The molecule has 11 nitrogen and oxygen atoms in total. The van der Waals surface area contributed by atoms with Crippen molar-refractivity contribution in [3.63, 3.8) is 0 Å². The summed E-state index contributed by atoms with van der Waals surface area (Å²) in [6, 6.07) is 7.41. The molecule has 188 valence electrons. The second kappa shape index (κ2) is 9.62. The van der Waals surface area contributed by atoms with Gasteiger partial charge in [-0.05, 0) is 25.1 Å². The predicted octanol–water partition coefficient (Wildman–Crippen LogP) is 1.40. The summed E-state index contributed by atoms with van der Waals surface area (Å²) in [4.78, 5) is 13.5. The van der Waals surface area contributed by atoms with Gasteiger partial charge in [0.2, 0.25) is 17.5 Å². The maximum atomic E-state index is 13.5. The number of rotatable bonds is 6. The molecule has 1 aliphatic rings. The van der Waals surface area contributed by atoms with Crippen molar-refractivity contribution in [2.24, 2.45) is 0 Å². The van der Waals surface area contributed by atoms with Gasteiger partial charge in [-0.3, -0.25) is 4.79 Å². The second-order valence-corrected chi connectivity index (χ2v) is 7.98. The van der Waals surface area contributed by atoms with E-state index in [1.165, 1.54) is 40.4 Å². The van der Waals surface area contributed by atoms with Gasteiger partial charge < -0.3 is 48.5 Å². The summed E-state index contributed by atoms with van der Waals surface area (Å²) in [6.45, 7) is 1.48. The van der Waals surface area contributed by atoms with E-state index in [1.54, 1.807) is 18.2 Å². The van der Waals surface area contributed by atoms with Gasteiger partial charge in [-0.2, -0.15) is 0 Å². The normalized spacial score (nSPS) is 24.3. The number of phenols is 1. The zero-order valence-corrected chi connectivity index (χ0v) is 19.4. The van der Waals surface area contributed by atoms with E-state index in [-0.39, 0.29) is 22.5 Å². The van der Waals surface area contributed by atoms with E-state index in [0.717, 1.165) is 0 Å². The number of phenolic OH excluding ortho intramolecular Hbond substituents is 1. The van der Waals surface area contributed by atoms with Gasteiger partial charge >= 0.3 is 0 Å². The number of aliphatic hydroxyl groups is 3. The molecule has 35 heavy (non-hydrogen) atoms. The van der Waals surface area contributed by atoms with Crippen molar-refractivity contribution < 1.29 is 48.5 Å². The van der Waals surface area contributed by atoms with Gasteiger partial charge in [-0.1, -0.05) is 0 Å². The Bertz CT molecular complexity index is 1280. The van der Waals surface area contributed by atoms with Gasteiger partial charge in [0.15, 0.2) is 17.3 Å². The Morgan fingerprint density at radius 3 is 2.26 bits per heavy atom. The third-order valence-electron chi connectivity index (χ3n) is 5.83. The van der Waals surface area contributed by atoms with Crippen molar-refractivity contribution >= 4 is 11.0 Å². The minimum atomic E-state index is -1.68. The summed E-state index contributed by atoms with van der Waals surface area (Å²) >= 11 is 0. The predicted molar refractivity (Wildman–Crippen MR) is 122 cm³/mol. The molecular formula is C24H26O11. The highest BCUT2D eigenvalue weighted by molar-refractivity contribution is 5.88. The van der Waals surface area contributed by atoms with Crippen LogP contribution in [0.5, 0.6) is 28.7 Å². The average Bonchev–Trinajstić information content (AvgIpc) is 2.86. The van der Waals surface area contributed by atoms with Crippen LogP contribution < -0.4 is 24.4 Å². The third-order valence-corrected chi connectivity index (χ3v) is 5.83. The van der Waals surface area contributed by atoms with Crippen LogP contribution in [0.2, 0.25) is 0 Å². The number of aromatic hydroxyl groups is 1. The van der Waals surface area contributed by atoms with E-state index in [2.05, 4.69) is 0 Å². The molecule has 1 aliphatic heterocycles. The Hall–Kier alpha value is -3.51. The first kappa shape index (κ1) is 24.6. The Kier molecular flexibility index (Phi) is 6.77. The third kappa shape index (κ3) is 4.34. The number of aliphatic hydroxyl groups excluding tert-OH is 3. The molecule has 0 unspecified atom stereocenters. The number of methoxy groups -OCH3 is 3. The summed E-state index contributed by atoms with van der Waals surface area (Å²) < 4.78 is 33.0. The fraction of sp³-hybridized carbons (Fsp3) is 0.375. The van der Waals surface area contributed by atoms with Crippen LogP contribution in [0.3, 0.4) is 0 Å². The van der Waals surface area contributed by atoms with Crippen LogP contribution in [-0.2, 0) is 4.74 Å². The largest absolute Gasteiger partial charge is 0.507 e. The minimum Gasteiger partial charge on any atom is -0.507 e. The average molecular weight is 490 g/mol. The zero-order valence-electron chi connectivity index (χ0n) is 19.4. The van der Waals surface area contributed by atoms with E-state index < -0.39 is 47.6 Å². The molecule has 11 heteroatoms. The number of ether oxygens (including phenoxy) is 5. The van der Waals surface area contributed by atoms with Crippen molar-refractivity contribution in [2.45, 2.75) is 37.6 Å². The van der Waals surface area contributed by atoms with E-state index in [9.17, 15) is 25.2 Å². The van der Waals surface area contributed by atoms with Crippen LogP contribution >= 0.6 is 0 Å². The number of benzene rings is 2. The van der Waals surface area contributed by atoms with Gasteiger partial charge in [0.05, 0.1) is 27.4 Å². The van der Waals surface area contributed by atoms with Crippen molar-refractivity contribution in [1.29, 1.82) is 0 Å². The lowest BCUT2D eigenvalue weighted by Gasteiger charge is -2.38. The number of fused-ring (bicyclic) bond motifs is 1. The molecule has 0 radical (unpaired) electrons. The van der Waals surface area contributed by atoms with Gasteiger partial charge in [0.25, 0.3) is 0 Å². The maximum Gasteiger partial charge on any atom is 0.239 e. The van der Waals surface area contributed by atoms with Gasteiger partial charge in [0.1, 0.15) is 40.8 Å². The van der Waals surface area contributed by atoms with Crippen molar-refractivity contribution in [2.75, 3.05) is 21.3 Å². The lowest BCUT2D eigenvalue weighted by molar-refractivity contribution is -0.268. The highest BCUT2D eigenvalue weighted by atomic mass is 16.7. The molecule has 5 atom stereocenters. The maximum absolute atomic E-state index is 13.5. The van der Waals surface area contributed by atoms with Crippen LogP contribution in [-0.4, -0.2) is 72.5 Å². The number of hydrogen-bond donors (Lipinski definition) is 4. The Morgan fingerprint density at radius 2 is 1.60 bits per heavy atom. The summed E-state index contributed by atoms with van der Waals surface area (Å²) in [5, 5.41) is 40.9. The van der Waals surface area contributed by atoms with Gasteiger partial charge in [-0.15, -0.1) is 0 Å². The summed E-state index contributed by atoms with van der Waals surface area (Å²) in [5.41, 5.74) is -0.406. The molecule has 4 rings (SSSR count). The van der Waals surface area contributed by atoms with Crippen LogP contribution in [0.1, 0.15) is 6.92 Å². The molecule has 3 aromatic rings. The topological polar surface area (TPSA) is 157 Å². The lowest BCUT2D eigenvalue weighted by atomic mass is 10.00. The first-order valence-corrected chi connectivity index (χ1v) is 10.7. The van der Waals surface area contributed by atoms with Crippen molar-refractivity contribution in [1.82, 2.24) is 0 Å². The van der Waals surface area contributed by atoms with Gasteiger partial charge in [0, 0.05) is 17.7 Å². The standard InChI is InChI=1S/C24H26O11/c1-10-18(26)20(28)21(29)24(33-10)35-23-19(27)17-13(25)8-12(30-2)9-16(17)34-22(23)11-5-6-14(31-3)15(7-11)32-4/h5-10,18,20-21,24-26,28-29H,1-4H3/t10-,18-,20+,21+,24-/m1/s1. The lowest BCUT2D eigenvalue weighted by Crippen LogP contribution is -2.58. The summed E-state index contributed by atoms with van der Waals surface area (Å²) in [6.07, 6.45) is -7.06. The first-order chi connectivity index (χ1) is 16.7. The van der Waals surface area contributed by atoms with Crippen LogP contribution in [0, 0.1) is 0 Å². The smallest absolute Gasteiger partial charge is 0.239 e. The molecule has 4 N–H and O–H groups in total. The van der Waals surface area contributed by atoms with Crippen LogP contribution in [0.4, 0.5) is 0 Å². The van der Waals surface area contributed by atoms with E-state index in [0.29, 0.717) is 17.1 Å². The highest BCUT2D eigenvalue weighted by Crippen LogP contribution is 2.40. The number of hydrogen-bond acceptors (Lipinski definition) is 11. The molecule has 0 saturated carbocycles. The highest BCUT2D eigenvalue weighted by Gasteiger charge is 2.44. The Balaban J connectivity index is 1.93. The second-order valence-electron chi connectivity index (χ2n) is 7.98. The summed E-state index contributed by atoms with van der Waals surface area (Å²) in [5.74, 6) is 0.143. The Morgan fingerprint density at radius 1 is 0.886 bits per heavy atom. The Labute approximate surface area is 199 Å². The molecular weight excluding hydrogens is 464 g/mol. The zero-order chi connectivity index (χ0) is 25.4. The molecule has 2 aromatic carbocycles. The molecule has 0 bridgehead atoms. The first-order valence-electron chi connectivity index (χ1n) is 10.7. The van der Waals surface area contributed by atoms with Crippen molar-refractivity contribution in [3.8, 4) is 40.1 Å². The monoisotopic (exact) mass is 490 g/mol. The quantitative estimate of drug-likeness (QED) is 0.396. The molecule has 1 aromatic heterocycles. The SMILES string of the molecule is COc1cc(O)c2c(=O)c(O[C@H]3O[C@H](C)[C@@H](O)[C@H](O)[C@@H]3O)c(-c3ccc(OC)c(OC)c3)oc2c1. The van der Waals surface area contributed by atoms with E-state index in [4.69, 9.17) is 28.1 Å². The fourth-order valence-electron chi connectivity index (χ4n) is 3.88. The molecule has 2 heterocycles. The molecule has 1 saturated heterocycles. The van der Waals surface area contributed by atoms with Crippen LogP contribution in [0.15, 0.2) is 39.5 Å². The van der Waals surface area contributed by atoms with E-state index >= 15 is 0 Å². The van der Waals surface area contributed by atoms with Crippen molar-refractivity contribution in [3.05, 3.63) is 40.6 Å². The molecule has 0 spiro atoms. The molecule has 1 fully saturated rings. The molecule has 0 amide bonds.